The van der Waals surface area contributed by atoms with E-state index in [1.54, 1.807) is 0 Å². The Labute approximate surface area is 186 Å². The molecule has 28 heavy (non-hydrogen) atoms. The summed E-state index contributed by atoms with van der Waals surface area (Å²) in [5, 5.41) is 6.92. The molecule has 0 unspecified atom stereocenters. The third-order valence-electron chi connectivity index (χ3n) is 5.71. The molecule has 2 aliphatic rings. The molecular formula is C22H35IN4O. The predicted octanol–water partition coefficient (Wildman–Crippen LogP) is 4.06. The molecule has 0 aromatic heterocycles. The topological polar surface area (TPSA) is 56.7 Å². The van der Waals surface area contributed by atoms with E-state index in [4.69, 9.17) is 0 Å². The third-order valence-corrected chi connectivity index (χ3v) is 5.71. The van der Waals surface area contributed by atoms with Gasteiger partial charge in [-0.1, -0.05) is 31.2 Å². The van der Waals surface area contributed by atoms with Crippen molar-refractivity contribution in [3.63, 3.8) is 0 Å². The van der Waals surface area contributed by atoms with E-state index >= 15 is 0 Å². The molecule has 1 aliphatic heterocycles. The minimum atomic E-state index is 0. The highest BCUT2D eigenvalue weighted by atomic mass is 127. The van der Waals surface area contributed by atoms with E-state index in [0.717, 1.165) is 37.9 Å². The molecule has 1 heterocycles. The number of rotatable bonds is 6. The maximum Gasteiger partial charge on any atom is 0.223 e. The van der Waals surface area contributed by atoms with Gasteiger partial charge >= 0.3 is 0 Å². The summed E-state index contributed by atoms with van der Waals surface area (Å²) in [5.74, 6) is 1.99. The second-order valence-corrected chi connectivity index (χ2v) is 7.98. The lowest BCUT2D eigenvalue weighted by atomic mass is 9.87. The predicted molar refractivity (Wildman–Crippen MR) is 126 cm³/mol. The monoisotopic (exact) mass is 498 g/mol. The number of carbonyl (C=O) groups excluding carboxylic acids is 1. The summed E-state index contributed by atoms with van der Waals surface area (Å²) >= 11 is 0. The molecule has 0 atom stereocenters. The normalized spacial score (nSPS) is 21.6. The summed E-state index contributed by atoms with van der Waals surface area (Å²) in [6.07, 6.45) is 6.40. The van der Waals surface area contributed by atoms with Crippen molar-refractivity contribution in [1.82, 2.24) is 15.5 Å². The van der Waals surface area contributed by atoms with E-state index < -0.39 is 0 Å². The van der Waals surface area contributed by atoms with Crippen LogP contribution in [0.5, 0.6) is 0 Å². The van der Waals surface area contributed by atoms with Gasteiger partial charge in [-0.25, -0.2) is 0 Å². The average molecular weight is 498 g/mol. The molecular weight excluding hydrogens is 463 g/mol. The third kappa shape index (κ3) is 6.64. The van der Waals surface area contributed by atoms with Crippen molar-refractivity contribution in [2.24, 2.45) is 10.9 Å². The number of aliphatic imine (C=N–C) groups is 1. The number of hydrogen-bond donors (Lipinski definition) is 2. The molecule has 0 spiro atoms. The molecule has 1 fully saturated rings. The molecule has 0 bridgehead atoms. The maximum absolute atomic E-state index is 12.5. The van der Waals surface area contributed by atoms with Crippen molar-refractivity contribution in [2.75, 3.05) is 13.1 Å². The van der Waals surface area contributed by atoms with Crippen LogP contribution < -0.4 is 10.6 Å². The van der Waals surface area contributed by atoms with Crippen LogP contribution >= 0.6 is 24.0 Å². The number of amides is 1. The largest absolute Gasteiger partial charge is 0.357 e. The van der Waals surface area contributed by atoms with Crippen LogP contribution in [0, 0.1) is 5.92 Å². The number of guanidine groups is 1. The molecule has 156 valence electrons. The second kappa shape index (κ2) is 11.6. The fourth-order valence-corrected chi connectivity index (χ4v) is 4.01. The quantitative estimate of drug-likeness (QED) is 0.269. The molecule has 1 aromatic rings. The molecule has 1 aromatic carbocycles. The highest BCUT2D eigenvalue weighted by Crippen LogP contribution is 2.24. The Morgan fingerprint density at radius 2 is 1.79 bits per heavy atom. The highest BCUT2D eigenvalue weighted by Gasteiger charge is 2.22. The van der Waals surface area contributed by atoms with Gasteiger partial charge in [0.15, 0.2) is 5.96 Å². The SMILES string of the molecule is CCNC(=NCCCC(=O)N1Cc2ccccc2C1)NC1CCC(C)CC1.I. The summed E-state index contributed by atoms with van der Waals surface area (Å²) in [5.41, 5.74) is 2.56. The van der Waals surface area contributed by atoms with E-state index in [1.165, 1.54) is 36.8 Å². The molecule has 1 amide bonds. The van der Waals surface area contributed by atoms with Gasteiger partial charge in [0, 0.05) is 38.6 Å². The summed E-state index contributed by atoms with van der Waals surface area (Å²) < 4.78 is 0. The summed E-state index contributed by atoms with van der Waals surface area (Å²) in [4.78, 5) is 19.1. The van der Waals surface area contributed by atoms with Gasteiger partial charge in [-0.05, 0) is 56.1 Å². The zero-order valence-corrected chi connectivity index (χ0v) is 19.6. The van der Waals surface area contributed by atoms with Gasteiger partial charge in [0.2, 0.25) is 5.91 Å². The van der Waals surface area contributed by atoms with Crippen LogP contribution in [0.4, 0.5) is 0 Å². The second-order valence-electron chi connectivity index (χ2n) is 7.98. The number of nitrogens with one attached hydrogen (secondary N) is 2. The van der Waals surface area contributed by atoms with Gasteiger partial charge in [-0.15, -0.1) is 24.0 Å². The minimum Gasteiger partial charge on any atom is -0.357 e. The van der Waals surface area contributed by atoms with Crippen LogP contribution in [0.1, 0.15) is 63.5 Å². The van der Waals surface area contributed by atoms with Crippen molar-refractivity contribution < 1.29 is 4.79 Å². The van der Waals surface area contributed by atoms with E-state index in [9.17, 15) is 4.79 Å². The Morgan fingerprint density at radius 1 is 1.14 bits per heavy atom. The van der Waals surface area contributed by atoms with Crippen molar-refractivity contribution in [2.45, 2.75) is 71.5 Å². The van der Waals surface area contributed by atoms with Gasteiger partial charge in [0.1, 0.15) is 0 Å². The van der Waals surface area contributed by atoms with Crippen LogP contribution in [0.2, 0.25) is 0 Å². The van der Waals surface area contributed by atoms with Crippen molar-refractivity contribution >= 4 is 35.8 Å². The lowest BCUT2D eigenvalue weighted by Crippen LogP contribution is -2.44. The Hall–Kier alpha value is -1.31. The van der Waals surface area contributed by atoms with E-state index in [1.807, 2.05) is 17.0 Å². The fourth-order valence-electron chi connectivity index (χ4n) is 4.01. The highest BCUT2D eigenvalue weighted by molar-refractivity contribution is 14.0. The van der Waals surface area contributed by atoms with Crippen LogP contribution in [-0.4, -0.2) is 35.9 Å². The first kappa shape index (κ1) is 23.0. The van der Waals surface area contributed by atoms with Crippen LogP contribution in [0.15, 0.2) is 29.3 Å². The molecule has 5 nitrogen and oxygen atoms in total. The lowest BCUT2D eigenvalue weighted by Gasteiger charge is -2.28. The smallest absolute Gasteiger partial charge is 0.223 e. The molecule has 6 heteroatoms. The minimum absolute atomic E-state index is 0. The first-order chi connectivity index (χ1) is 13.2. The Morgan fingerprint density at radius 3 is 2.39 bits per heavy atom. The standard InChI is InChI=1S/C22H34N4O.HI/c1-3-23-22(25-20-12-10-17(2)11-13-20)24-14-6-9-21(27)26-15-18-7-4-5-8-19(18)16-26;/h4-5,7-8,17,20H,3,6,9-16H2,1-2H3,(H2,23,24,25);1H. The van der Waals surface area contributed by atoms with E-state index in [2.05, 4.69) is 41.6 Å². The Balaban J connectivity index is 0.00000280. The Kier molecular flexibility index (Phi) is 9.55. The first-order valence-electron chi connectivity index (χ1n) is 10.5. The zero-order chi connectivity index (χ0) is 19.1. The van der Waals surface area contributed by atoms with Crippen LogP contribution in [0.3, 0.4) is 0 Å². The van der Waals surface area contributed by atoms with Crippen LogP contribution in [0.25, 0.3) is 0 Å². The first-order valence-corrected chi connectivity index (χ1v) is 10.5. The average Bonchev–Trinajstić information content (AvgIpc) is 3.11. The number of carbonyl (C=O) groups is 1. The number of benzene rings is 1. The van der Waals surface area contributed by atoms with Gasteiger partial charge in [-0.2, -0.15) is 0 Å². The van der Waals surface area contributed by atoms with Crippen molar-refractivity contribution in [3.8, 4) is 0 Å². The van der Waals surface area contributed by atoms with Crippen molar-refractivity contribution in [1.29, 1.82) is 0 Å². The van der Waals surface area contributed by atoms with Gasteiger partial charge in [-0.3, -0.25) is 9.79 Å². The van der Waals surface area contributed by atoms with Gasteiger partial charge < -0.3 is 15.5 Å². The molecule has 2 N–H and O–H groups in total. The fraction of sp³-hybridized carbons (Fsp3) is 0.636. The van der Waals surface area contributed by atoms with Crippen molar-refractivity contribution in [3.05, 3.63) is 35.4 Å². The molecule has 0 saturated heterocycles. The number of halogens is 1. The summed E-state index contributed by atoms with van der Waals surface area (Å²) in [7, 11) is 0. The molecule has 0 radical (unpaired) electrons. The van der Waals surface area contributed by atoms with Gasteiger partial charge in [0.25, 0.3) is 0 Å². The molecule has 1 saturated carbocycles. The number of fused-ring (bicyclic) bond motifs is 1. The van der Waals surface area contributed by atoms with Gasteiger partial charge in [0.05, 0.1) is 0 Å². The zero-order valence-electron chi connectivity index (χ0n) is 17.2. The number of nitrogens with zero attached hydrogens (tertiary/aromatic N) is 2. The van der Waals surface area contributed by atoms with E-state index in [-0.39, 0.29) is 29.9 Å². The molecule has 1 aliphatic carbocycles. The summed E-state index contributed by atoms with van der Waals surface area (Å²) in [6, 6.07) is 8.86. The number of hydrogen-bond acceptors (Lipinski definition) is 2. The summed E-state index contributed by atoms with van der Waals surface area (Å²) in [6.45, 7) is 7.48. The lowest BCUT2D eigenvalue weighted by molar-refractivity contribution is -0.131. The molecule has 3 rings (SSSR count). The van der Waals surface area contributed by atoms with Crippen LogP contribution in [-0.2, 0) is 17.9 Å². The van der Waals surface area contributed by atoms with E-state index in [0.29, 0.717) is 19.0 Å². The Bertz CT molecular complexity index is 631. The maximum atomic E-state index is 12.5.